The molecular weight excluding hydrogens is 839 g/mol. The van der Waals surface area contributed by atoms with Crippen LogP contribution in [0.1, 0.15) is 91.3 Å². The van der Waals surface area contributed by atoms with Gasteiger partial charge in [-0.25, -0.2) is 4.79 Å². The van der Waals surface area contributed by atoms with Crippen molar-refractivity contribution < 1.29 is 48.3 Å². The minimum atomic E-state index is -1.46. The summed E-state index contributed by atoms with van der Waals surface area (Å²) in [7, 11) is 0. The Kier molecular flexibility index (Phi) is 15.4. The number of carbonyl (C=O) groups is 2. The lowest BCUT2D eigenvalue weighted by molar-refractivity contribution is -0.254. The van der Waals surface area contributed by atoms with Gasteiger partial charge in [0.1, 0.15) is 24.1 Å². The molecule has 1 fully saturated rings. The van der Waals surface area contributed by atoms with Gasteiger partial charge in [-0.15, -0.1) is 6.58 Å². The number of fused-ring (bicyclic) bond motifs is 3. The van der Waals surface area contributed by atoms with Crippen molar-refractivity contribution >= 4 is 17.7 Å². The van der Waals surface area contributed by atoms with E-state index in [1.807, 2.05) is 84.6 Å². The molecule has 66 heavy (non-hydrogen) atoms. The molecule has 1 saturated carbocycles. The van der Waals surface area contributed by atoms with Crippen LogP contribution in [-0.4, -0.2) is 77.8 Å². The molecule has 13 nitrogen and oxygen atoms in total. The fourth-order valence-electron chi connectivity index (χ4n) is 10.2. The van der Waals surface area contributed by atoms with Crippen molar-refractivity contribution in [1.29, 1.82) is 0 Å². The molecular formula is C53H61N3O10. The van der Waals surface area contributed by atoms with Crippen LogP contribution in [0.3, 0.4) is 0 Å². The van der Waals surface area contributed by atoms with Crippen LogP contribution in [0.4, 0.5) is 4.79 Å². The highest BCUT2D eigenvalue weighted by Gasteiger charge is 2.65. The molecule has 6 atom stereocenters. The number of rotatable bonds is 21. The Balaban J connectivity index is 1.28. The molecule has 13 heteroatoms. The summed E-state index contributed by atoms with van der Waals surface area (Å²) in [4.78, 5) is 36.6. The second kappa shape index (κ2) is 21.9. The summed E-state index contributed by atoms with van der Waals surface area (Å²) in [6, 6.07) is 29.5. The highest BCUT2D eigenvalue weighted by molar-refractivity contribution is 6.03. The number of unbranched alkanes of at least 4 members (excludes halogenated alkanes) is 2. The van der Waals surface area contributed by atoms with Gasteiger partial charge in [0.05, 0.1) is 18.2 Å². The van der Waals surface area contributed by atoms with Crippen LogP contribution in [0.5, 0.6) is 23.0 Å². The zero-order chi connectivity index (χ0) is 45.9. The number of benzene rings is 4. The lowest BCUT2D eigenvalue weighted by Gasteiger charge is -2.60. The maximum absolute atomic E-state index is 15.2. The molecule has 4 aliphatic rings. The summed E-state index contributed by atoms with van der Waals surface area (Å²) < 4.78 is 31.8. The maximum atomic E-state index is 15.2. The number of carbonyl (C=O) groups excluding carboxylic acids is 2. The van der Waals surface area contributed by atoms with E-state index >= 15 is 4.79 Å². The fraction of sp³-hybridized carbons (Fsp3) is 0.415. The normalized spacial score (nSPS) is 22.9. The average molecular weight is 900 g/mol. The number of oxime groups is 1. The van der Waals surface area contributed by atoms with E-state index in [0.29, 0.717) is 66.6 Å². The predicted octanol–water partition coefficient (Wildman–Crippen LogP) is 9.09. The van der Waals surface area contributed by atoms with Crippen molar-refractivity contribution in [3.8, 4) is 23.0 Å². The Morgan fingerprint density at radius 3 is 2.36 bits per heavy atom. The Bertz CT molecular complexity index is 2360. The van der Waals surface area contributed by atoms with Gasteiger partial charge in [-0.2, -0.15) is 0 Å². The van der Waals surface area contributed by atoms with E-state index in [1.165, 1.54) is 0 Å². The smallest absolute Gasteiger partial charge is 0.412 e. The van der Waals surface area contributed by atoms with Gasteiger partial charge in [0, 0.05) is 49.8 Å². The van der Waals surface area contributed by atoms with Crippen molar-refractivity contribution in [3.63, 3.8) is 0 Å². The van der Waals surface area contributed by atoms with Gasteiger partial charge in [0.25, 0.3) is 5.91 Å². The van der Waals surface area contributed by atoms with Crippen molar-refractivity contribution in [1.82, 2.24) is 10.2 Å². The highest BCUT2D eigenvalue weighted by atomic mass is 16.7. The minimum absolute atomic E-state index is 0.0186. The number of aliphatic hydroxyl groups excluding tert-OH is 2. The van der Waals surface area contributed by atoms with Crippen molar-refractivity contribution in [3.05, 3.63) is 144 Å². The molecule has 2 aliphatic carbocycles. The van der Waals surface area contributed by atoms with E-state index in [4.69, 9.17) is 33.7 Å². The Labute approximate surface area is 387 Å². The van der Waals surface area contributed by atoms with Gasteiger partial charge >= 0.3 is 6.09 Å². The Morgan fingerprint density at radius 1 is 0.894 bits per heavy atom. The second-order valence-electron chi connectivity index (χ2n) is 17.3. The lowest BCUT2D eigenvalue weighted by Crippen LogP contribution is -2.70. The standard InChI is InChI=1S/C53H61N3O10/c1-3-25-56(51(59)39-21-23-46-47(30-39)62-35-61-46)48-32-44(55-64-34-37-17-9-6-10-18-37)42-29-38(19-11-13-26-57)41(20-12-14-27-58)49-43-31-40(65-52(60)54-33-36-15-7-5-8-16-36)22-24-45(43)66-53(48,50(42)49)63-28-4-2/h4-10,15-18,21-24,29-31,38,41,48-50,57-58H,2-3,11-14,19-20,25-28,32-35H2,1H3,(H,54,60)/t38-,41+,48-,49+,50+,53+/m0/s1. The summed E-state index contributed by atoms with van der Waals surface area (Å²) in [6.07, 6.45) is 8.66. The second-order valence-corrected chi connectivity index (χ2v) is 17.3. The third-order valence-corrected chi connectivity index (χ3v) is 13.1. The molecule has 0 spiro atoms. The number of hydrogen-bond acceptors (Lipinski definition) is 11. The first-order valence-corrected chi connectivity index (χ1v) is 23.3. The first-order valence-electron chi connectivity index (χ1n) is 23.3. The van der Waals surface area contributed by atoms with Gasteiger partial charge in [0.15, 0.2) is 11.5 Å². The molecule has 4 aromatic rings. The first kappa shape index (κ1) is 46.4. The van der Waals surface area contributed by atoms with Crippen LogP contribution in [0, 0.1) is 17.8 Å². The van der Waals surface area contributed by atoms with Gasteiger partial charge in [-0.05, 0) is 97.0 Å². The highest BCUT2D eigenvalue weighted by Crippen LogP contribution is 2.62. The lowest BCUT2D eigenvalue weighted by atomic mass is 9.55. The first-order chi connectivity index (χ1) is 32.4. The molecule has 2 amide bonds. The van der Waals surface area contributed by atoms with Crippen LogP contribution in [-0.2, 0) is 22.7 Å². The molecule has 4 aromatic carbocycles. The van der Waals surface area contributed by atoms with Crippen molar-refractivity contribution in [2.24, 2.45) is 22.9 Å². The molecule has 348 valence electrons. The van der Waals surface area contributed by atoms with Crippen molar-refractivity contribution in [2.75, 3.05) is 33.2 Å². The van der Waals surface area contributed by atoms with Gasteiger partial charge in [-0.1, -0.05) is 97.7 Å². The van der Waals surface area contributed by atoms with Crippen LogP contribution in [0.15, 0.2) is 127 Å². The fourth-order valence-corrected chi connectivity index (χ4v) is 10.2. The summed E-state index contributed by atoms with van der Waals surface area (Å²) in [5.41, 5.74) is 4.76. The third-order valence-electron chi connectivity index (χ3n) is 13.1. The summed E-state index contributed by atoms with van der Waals surface area (Å²) in [6.45, 7) is 7.33. The van der Waals surface area contributed by atoms with E-state index in [0.717, 1.165) is 47.9 Å². The molecule has 0 saturated heterocycles. The number of ether oxygens (including phenoxy) is 5. The van der Waals surface area contributed by atoms with Gasteiger partial charge < -0.3 is 49.0 Å². The van der Waals surface area contributed by atoms with Gasteiger partial charge in [0.2, 0.25) is 12.6 Å². The van der Waals surface area contributed by atoms with E-state index in [1.54, 1.807) is 30.3 Å². The van der Waals surface area contributed by atoms with E-state index in [2.05, 4.69) is 18.0 Å². The largest absolute Gasteiger partial charge is 0.459 e. The molecule has 0 aromatic heterocycles. The SMILES string of the molecule is C=CCO[C@@]12Oc3ccc(OC(=O)NCc4ccccc4)cc3[C@H]3[C@H](CCCCO)[C@@H](CCCCO)C=C(C(=NOCc4ccccc4)C[C@@H]1N(CCC)C(=O)c1ccc4c(c1)OCO4)[C@H]32. The summed E-state index contributed by atoms with van der Waals surface area (Å²) in [5.74, 6) is -0.557. The molecule has 0 bridgehead atoms. The van der Waals surface area contributed by atoms with Crippen LogP contribution in [0.25, 0.3) is 0 Å². The van der Waals surface area contributed by atoms with E-state index < -0.39 is 23.8 Å². The molecule has 8 rings (SSSR count). The number of nitrogens with one attached hydrogen (secondary N) is 1. The number of allylic oxidation sites excluding steroid dienone is 1. The van der Waals surface area contributed by atoms with Crippen molar-refractivity contribution in [2.45, 2.75) is 89.2 Å². The number of nitrogens with zero attached hydrogens (tertiary/aromatic N) is 2. The monoisotopic (exact) mass is 899 g/mol. The minimum Gasteiger partial charge on any atom is -0.459 e. The summed E-state index contributed by atoms with van der Waals surface area (Å²) >= 11 is 0. The molecule has 0 unspecified atom stereocenters. The van der Waals surface area contributed by atoms with E-state index in [9.17, 15) is 15.0 Å². The summed E-state index contributed by atoms with van der Waals surface area (Å²) in [5, 5.41) is 27.8. The zero-order valence-electron chi connectivity index (χ0n) is 37.6. The van der Waals surface area contributed by atoms with Crippen LogP contribution in [0.2, 0.25) is 0 Å². The molecule has 0 radical (unpaired) electrons. The Hall–Kier alpha value is -6.15. The predicted molar refractivity (Wildman–Crippen MR) is 249 cm³/mol. The Morgan fingerprint density at radius 2 is 1.62 bits per heavy atom. The molecule has 2 aliphatic heterocycles. The zero-order valence-corrected chi connectivity index (χ0v) is 37.6. The maximum Gasteiger partial charge on any atom is 0.412 e. The van der Waals surface area contributed by atoms with Crippen LogP contribution >= 0.6 is 0 Å². The third kappa shape index (κ3) is 10.1. The number of amides is 2. The topological polar surface area (TPSA) is 158 Å². The van der Waals surface area contributed by atoms with Gasteiger partial charge in [-0.3, -0.25) is 4.79 Å². The number of hydrogen-bond donors (Lipinski definition) is 3. The molecule has 2 heterocycles. The number of aliphatic hydroxyl groups is 2. The quantitative estimate of drug-likeness (QED) is 0.0419. The van der Waals surface area contributed by atoms with E-state index in [-0.39, 0.29) is 63.3 Å². The average Bonchev–Trinajstić information content (AvgIpc) is 3.82. The van der Waals surface area contributed by atoms with Crippen LogP contribution < -0.4 is 24.3 Å². The molecule has 3 N–H and O–H groups in total.